The fourth-order valence-electron chi connectivity index (χ4n) is 2.56. The topological polar surface area (TPSA) is 78.1 Å². The summed E-state index contributed by atoms with van der Waals surface area (Å²) in [6, 6.07) is 22.7. The number of nitrogens with zero attached hydrogens (tertiary/aromatic N) is 1. The van der Waals surface area contributed by atoms with Crippen LogP contribution in [0.4, 0.5) is 5.69 Å². The number of hydrogen-bond acceptors (Lipinski definition) is 4. The molecule has 3 aromatic carbocycles. The molecular weight excluding hydrogens is 481 g/mol. The van der Waals surface area contributed by atoms with Crippen molar-refractivity contribution in [3.8, 4) is 23.0 Å². The van der Waals surface area contributed by atoms with Gasteiger partial charge in [-0.2, -0.15) is 0 Å². The minimum absolute atomic E-state index is 0. The lowest BCUT2D eigenvalue weighted by Gasteiger charge is -2.10. The first-order valence-corrected chi connectivity index (χ1v) is 8.79. The molecule has 0 heterocycles. The van der Waals surface area contributed by atoms with Crippen LogP contribution in [0.1, 0.15) is 5.56 Å². The van der Waals surface area contributed by atoms with E-state index in [1.54, 1.807) is 14.2 Å². The van der Waals surface area contributed by atoms with E-state index in [-0.39, 0.29) is 24.0 Å². The van der Waals surface area contributed by atoms with Crippen LogP contribution >= 0.6 is 24.0 Å². The maximum atomic E-state index is 5.97. The maximum absolute atomic E-state index is 5.97. The van der Waals surface area contributed by atoms with Gasteiger partial charge in [-0.25, -0.2) is 4.99 Å². The maximum Gasteiger partial charge on any atom is 0.193 e. The summed E-state index contributed by atoms with van der Waals surface area (Å²) in [5.41, 5.74) is 7.81. The van der Waals surface area contributed by atoms with Crippen LogP contribution in [0.2, 0.25) is 0 Å². The van der Waals surface area contributed by atoms with Crippen molar-refractivity contribution < 1.29 is 14.2 Å². The Morgan fingerprint density at radius 3 is 2.28 bits per heavy atom. The summed E-state index contributed by atoms with van der Waals surface area (Å²) in [4.78, 5) is 4.37. The lowest BCUT2D eigenvalue weighted by atomic mass is 10.2. The molecule has 0 aliphatic carbocycles. The number of nitrogens with two attached hydrogens (primary N) is 1. The molecule has 3 N–H and O–H groups in total. The van der Waals surface area contributed by atoms with Gasteiger partial charge in [0.05, 0.1) is 20.8 Å². The van der Waals surface area contributed by atoms with Gasteiger partial charge in [-0.05, 0) is 42.0 Å². The van der Waals surface area contributed by atoms with Gasteiger partial charge in [-0.15, -0.1) is 24.0 Å². The molecule has 29 heavy (non-hydrogen) atoms. The fraction of sp³-hybridized carbons (Fsp3) is 0.136. The fourth-order valence-corrected chi connectivity index (χ4v) is 2.56. The lowest BCUT2D eigenvalue weighted by molar-refractivity contribution is 0.379. The smallest absolute Gasteiger partial charge is 0.193 e. The summed E-state index contributed by atoms with van der Waals surface area (Å²) < 4.78 is 16.4. The number of para-hydroxylation sites is 2. The van der Waals surface area contributed by atoms with Gasteiger partial charge in [0.2, 0.25) is 0 Å². The highest BCUT2D eigenvalue weighted by atomic mass is 127. The Bertz CT molecular complexity index is 946. The molecule has 0 amide bonds. The van der Waals surface area contributed by atoms with Crippen LogP contribution in [0.3, 0.4) is 0 Å². The third-order valence-corrected chi connectivity index (χ3v) is 3.99. The van der Waals surface area contributed by atoms with Gasteiger partial charge < -0.3 is 25.3 Å². The van der Waals surface area contributed by atoms with E-state index in [9.17, 15) is 0 Å². The van der Waals surface area contributed by atoms with Crippen LogP contribution in [-0.2, 0) is 6.54 Å². The normalized spacial score (nSPS) is 10.6. The molecule has 0 atom stereocenters. The Hall–Kier alpha value is -2.94. The number of ether oxygens (including phenoxy) is 3. The molecule has 0 aliphatic heterocycles. The molecule has 0 fully saturated rings. The molecule has 0 radical (unpaired) electrons. The van der Waals surface area contributed by atoms with Gasteiger partial charge in [0.1, 0.15) is 11.5 Å². The largest absolute Gasteiger partial charge is 0.497 e. The van der Waals surface area contributed by atoms with E-state index >= 15 is 0 Å². The highest BCUT2D eigenvalue weighted by molar-refractivity contribution is 14.0. The van der Waals surface area contributed by atoms with Crippen molar-refractivity contribution in [2.45, 2.75) is 6.54 Å². The van der Waals surface area contributed by atoms with Crippen molar-refractivity contribution >= 4 is 35.6 Å². The minimum atomic E-state index is 0. The Labute approximate surface area is 187 Å². The summed E-state index contributed by atoms with van der Waals surface area (Å²) in [7, 11) is 3.24. The second kappa shape index (κ2) is 11.2. The SMILES string of the molecule is COc1cccc(NC(N)=NCc2ccc(Oc3ccccc3OC)cc2)c1.I. The van der Waals surface area contributed by atoms with Crippen molar-refractivity contribution in [1.29, 1.82) is 0 Å². The molecule has 6 nitrogen and oxygen atoms in total. The van der Waals surface area contributed by atoms with E-state index in [2.05, 4.69) is 10.3 Å². The molecule has 0 bridgehead atoms. The van der Waals surface area contributed by atoms with E-state index in [0.717, 1.165) is 22.7 Å². The van der Waals surface area contributed by atoms with Crippen LogP contribution in [0.25, 0.3) is 0 Å². The Kier molecular flexibility index (Phi) is 8.60. The number of anilines is 1. The van der Waals surface area contributed by atoms with Crippen molar-refractivity contribution in [2.24, 2.45) is 10.7 Å². The van der Waals surface area contributed by atoms with Crippen molar-refractivity contribution in [3.63, 3.8) is 0 Å². The summed E-state index contributed by atoms with van der Waals surface area (Å²) in [5, 5.41) is 3.05. The summed E-state index contributed by atoms with van der Waals surface area (Å²) in [6.07, 6.45) is 0. The van der Waals surface area contributed by atoms with E-state index in [1.807, 2.05) is 72.8 Å². The number of aliphatic imine (C=N–C) groups is 1. The second-order valence-corrected chi connectivity index (χ2v) is 5.96. The first kappa shape index (κ1) is 22.4. The monoisotopic (exact) mass is 505 g/mol. The van der Waals surface area contributed by atoms with Crippen molar-refractivity contribution in [1.82, 2.24) is 0 Å². The number of halogens is 1. The van der Waals surface area contributed by atoms with Gasteiger partial charge in [-0.1, -0.05) is 30.3 Å². The predicted octanol–water partition coefficient (Wildman–Crippen LogP) is 5.04. The van der Waals surface area contributed by atoms with Crippen LogP contribution in [0.15, 0.2) is 77.8 Å². The second-order valence-electron chi connectivity index (χ2n) is 5.96. The number of guanidine groups is 1. The number of nitrogens with one attached hydrogen (secondary N) is 1. The Morgan fingerprint density at radius 2 is 1.59 bits per heavy atom. The molecule has 0 saturated heterocycles. The van der Waals surface area contributed by atoms with Gasteiger partial charge in [0.15, 0.2) is 17.5 Å². The highest BCUT2D eigenvalue weighted by Gasteiger charge is 2.04. The van der Waals surface area contributed by atoms with Crippen LogP contribution in [-0.4, -0.2) is 20.2 Å². The highest BCUT2D eigenvalue weighted by Crippen LogP contribution is 2.30. The van der Waals surface area contributed by atoms with Gasteiger partial charge >= 0.3 is 0 Å². The third kappa shape index (κ3) is 6.56. The summed E-state index contributed by atoms with van der Waals surface area (Å²) >= 11 is 0. The molecule has 152 valence electrons. The average Bonchev–Trinajstić information content (AvgIpc) is 2.74. The zero-order valence-electron chi connectivity index (χ0n) is 16.3. The van der Waals surface area contributed by atoms with Crippen LogP contribution < -0.4 is 25.3 Å². The predicted molar refractivity (Wildman–Crippen MR) is 127 cm³/mol. The molecule has 0 spiro atoms. The Balaban J connectivity index is 0.00000300. The van der Waals surface area contributed by atoms with Gasteiger partial charge in [-0.3, -0.25) is 0 Å². The molecule has 0 aromatic heterocycles. The molecule has 7 heteroatoms. The molecule has 0 saturated carbocycles. The van der Waals surface area contributed by atoms with E-state index in [4.69, 9.17) is 19.9 Å². The molecule has 0 aliphatic rings. The molecular formula is C22H24IN3O3. The first-order chi connectivity index (χ1) is 13.7. The standard InChI is InChI=1S/C22H23N3O3.HI/c1-26-19-7-5-6-17(14-19)25-22(23)24-15-16-10-12-18(13-11-16)28-21-9-4-3-8-20(21)27-2;/h3-14H,15H2,1-2H3,(H3,23,24,25);1H. The van der Waals surface area contributed by atoms with Crippen molar-refractivity contribution in [3.05, 3.63) is 78.4 Å². The van der Waals surface area contributed by atoms with E-state index in [1.165, 1.54) is 0 Å². The quantitative estimate of drug-likeness (QED) is 0.267. The number of rotatable bonds is 7. The van der Waals surface area contributed by atoms with Crippen LogP contribution in [0, 0.1) is 0 Å². The molecule has 0 unspecified atom stereocenters. The number of methoxy groups -OCH3 is 2. The number of hydrogen-bond donors (Lipinski definition) is 2. The first-order valence-electron chi connectivity index (χ1n) is 8.79. The molecule has 3 rings (SSSR count). The summed E-state index contributed by atoms with van der Waals surface area (Å²) in [5.74, 6) is 3.17. The molecule has 3 aromatic rings. The zero-order chi connectivity index (χ0) is 19.8. The average molecular weight is 505 g/mol. The van der Waals surface area contributed by atoms with Crippen LogP contribution in [0.5, 0.6) is 23.0 Å². The zero-order valence-corrected chi connectivity index (χ0v) is 18.6. The van der Waals surface area contributed by atoms with Crippen molar-refractivity contribution in [2.75, 3.05) is 19.5 Å². The minimum Gasteiger partial charge on any atom is -0.497 e. The Morgan fingerprint density at radius 1 is 0.862 bits per heavy atom. The number of benzene rings is 3. The third-order valence-electron chi connectivity index (χ3n) is 3.99. The van der Waals surface area contributed by atoms with E-state index < -0.39 is 0 Å². The lowest BCUT2D eigenvalue weighted by Crippen LogP contribution is -2.22. The summed E-state index contributed by atoms with van der Waals surface area (Å²) in [6.45, 7) is 0.456. The van der Waals surface area contributed by atoms with Gasteiger partial charge in [0, 0.05) is 11.8 Å². The van der Waals surface area contributed by atoms with E-state index in [0.29, 0.717) is 24.0 Å². The van der Waals surface area contributed by atoms with Gasteiger partial charge in [0.25, 0.3) is 0 Å².